The monoisotopic (exact) mass is 359 g/mol. The zero-order valence-electron chi connectivity index (χ0n) is 14.5. The minimum absolute atomic E-state index is 0.234. The van der Waals surface area contributed by atoms with Gasteiger partial charge < -0.3 is 4.98 Å². The van der Waals surface area contributed by atoms with Crippen molar-refractivity contribution < 1.29 is 0 Å². The molecule has 128 valence electrons. The molecule has 2 N–H and O–H groups in total. The second-order valence-corrected chi connectivity index (χ2v) is 6.83. The Hall–Kier alpha value is -3.05. The van der Waals surface area contributed by atoms with Gasteiger partial charge >= 0.3 is 0 Å². The van der Waals surface area contributed by atoms with E-state index in [9.17, 15) is 4.79 Å². The lowest BCUT2D eigenvalue weighted by Crippen LogP contribution is -2.10. The van der Waals surface area contributed by atoms with Gasteiger partial charge in [0, 0.05) is 11.1 Å². The Morgan fingerprint density at radius 3 is 2.04 bits per heavy atom. The van der Waals surface area contributed by atoms with Gasteiger partial charge in [-0.3, -0.25) is 9.78 Å². The van der Waals surface area contributed by atoms with E-state index in [4.69, 9.17) is 12.2 Å². The molecule has 0 saturated heterocycles. The summed E-state index contributed by atoms with van der Waals surface area (Å²) in [5.74, 6) is 0. The molecule has 0 radical (unpaired) electrons. The van der Waals surface area contributed by atoms with E-state index in [1.807, 2.05) is 68.4 Å². The van der Waals surface area contributed by atoms with Crippen LogP contribution in [-0.4, -0.2) is 15.0 Å². The highest BCUT2D eigenvalue weighted by atomic mass is 32.1. The Kier molecular flexibility index (Phi) is 4.01. The lowest BCUT2D eigenvalue weighted by Gasteiger charge is -2.10. The van der Waals surface area contributed by atoms with Crippen LogP contribution in [0.4, 0.5) is 0 Å². The van der Waals surface area contributed by atoms with Crippen LogP contribution in [0.2, 0.25) is 0 Å². The molecule has 2 aromatic heterocycles. The van der Waals surface area contributed by atoms with Crippen LogP contribution >= 0.6 is 12.2 Å². The largest absolute Gasteiger partial charge is 0.316 e. The molecule has 2 heterocycles. The SMILES string of the molecule is Cc1ccc(-c2cc(-c3ccc(C)cc3)c3c(=O)[nH]c(=S)[nH]c3n2)cc1. The molecule has 4 rings (SSSR count). The van der Waals surface area contributed by atoms with E-state index in [2.05, 4.69) is 15.0 Å². The lowest BCUT2D eigenvalue weighted by molar-refractivity contribution is 1.11. The summed E-state index contributed by atoms with van der Waals surface area (Å²) in [6, 6.07) is 18.2. The van der Waals surface area contributed by atoms with E-state index in [0.717, 1.165) is 22.4 Å². The minimum Gasteiger partial charge on any atom is -0.316 e. The first kappa shape index (κ1) is 16.4. The number of hydrogen-bond donors (Lipinski definition) is 2. The summed E-state index contributed by atoms with van der Waals surface area (Å²) in [6.07, 6.45) is 0. The van der Waals surface area contributed by atoms with Crippen molar-refractivity contribution in [1.82, 2.24) is 15.0 Å². The first-order valence-corrected chi connectivity index (χ1v) is 8.73. The molecule has 4 aromatic rings. The molecule has 0 atom stereocenters. The summed E-state index contributed by atoms with van der Waals surface area (Å²) < 4.78 is 0.269. The molecule has 0 unspecified atom stereocenters. The average Bonchev–Trinajstić information content (AvgIpc) is 2.61. The molecule has 0 amide bonds. The van der Waals surface area contributed by atoms with Gasteiger partial charge in [-0.15, -0.1) is 0 Å². The maximum atomic E-state index is 12.6. The number of nitrogens with zero attached hydrogens (tertiary/aromatic N) is 1. The zero-order chi connectivity index (χ0) is 18.3. The summed E-state index contributed by atoms with van der Waals surface area (Å²) in [7, 11) is 0. The first-order chi connectivity index (χ1) is 12.5. The second kappa shape index (κ2) is 6.35. The van der Waals surface area contributed by atoms with E-state index >= 15 is 0 Å². The van der Waals surface area contributed by atoms with E-state index in [1.165, 1.54) is 11.1 Å². The van der Waals surface area contributed by atoms with Crippen molar-refractivity contribution >= 4 is 23.3 Å². The normalized spacial score (nSPS) is 11.0. The van der Waals surface area contributed by atoms with Crippen LogP contribution in [0.5, 0.6) is 0 Å². The molecule has 26 heavy (non-hydrogen) atoms. The second-order valence-electron chi connectivity index (χ2n) is 6.42. The summed E-state index contributed by atoms with van der Waals surface area (Å²) in [6.45, 7) is 4.09. The fourth-order valence-electron chi connectivity index (χ4n) is 3.00. The standard InChI is InChI=1S/C21H17N3OS/c1-12-3-7-14(8-4-12)16-11-17(15-9-5-13(2)6-10-15)22-19-18(16)20(25)24-21(26)23-19/h3-11H,1-2H3,(H2,22,23,24,25,26). The molecular formula is C21H17N3OS. The van der Waals surface area contributed by atoms with Crippen LogP contribution in [0, 0.1) is 18.6 Å². The van der Waals surface area contributed by atoms with Crippen LogP contribution in [0.3, 0.4) is 0 Å². The predicted molar refractivity (Wildman–Crippen MR) is 108 cm³/mol. The Morgan fingerprint density at radius 1 is 0.846 bits per heavy atom. The highest BCUT2D eigenvalue weighted by Crippen LogP contribution is 2.30. The van der Waals surface area contributed by atoms with E-state index < -0.39 is 0 Å². The maximum Gasteiger partial charge on any atom is 0.261 e. The van der Waals surface area contributed by atoms with Crippen molar-refractivity contribution in [2.24, 2.45) is 0 Å². The molecule has 0 aliphatic heterocycles. The molecule has 0 fully saturated rings. The van der Waals surface area contributed by atoms with Gasteiger partial charge in [0.15, 0.2) is 4.77 Å². The third-order valence-corrected chi connectivity index (χ3v) is 4.62. The Morgan fingerprint density at radius 2 is 1.42 bits per heavy atom. The van der Waals surface area contributed by atoms with Gasteiger partial charge in [-0.05, 0) is 37.7 Å². The van der Waals surface area contributed by atoms with Crippen molar-refractivity contribution in [3.8, 4) is 22.4 Å². The average molecular weight is 359 g/mol. The predicted octanol–water partition coefficient (Wildman–Crippen LogP) is 4.93. The third-order valence-electron chi connectivity index (χ3n) is 4.42. The summed E-state index contributed by atoms with van der Waals surface area (Å²) >= 11 is 5.13. The molecule has 5 heteroatoms. The van der Waals surface area contributed by atoms with Gasteiger partial charge in [0.05, 0.1) is 11.1 Å². The Labute approximate surface area is 155 Å². The van der Waals surface area contributed by atoms with Gasteiger partial charge in [-0.2, -0.15) is 0 Å². The quantitative estimate of drug-likeness (QED) is 0.499. The number of aryl methyl sites for hydroxylation is 2. The molecule has 0 aliphatic carbocycles. The number of hydrogen-bond acceptors (Lipinski definition) is 3. The smallest absolute Gasteiger partial charge is 0.261 e. The number of nitrogens with one attached hydrogen (secondary N) is 2. The number of aromatic nitrogens is 3. The van der Waals surface area contributed by atoms with Crippen molar-refractivity contribution in [2.75, 3.05) is 0 Å². The molecule has 0 spiro atoms. The van der Waals surface area contributed by atoms with Crippen LogP contribution in [0.1, 0.15) is 11.1 Å². The molecule has 2 aromatic carbocycles. The van der Waals surface area contributed by atoms with Crippen molar-refractivity contribution in [1.29, 1.82) is 0 Å². The summed E-state index contributed by atoms with van der Waals surface area (Å²) in [4.78, 5) is 22.9. The van der Waals surface area contributed by atoms with Crippen molar-refractivity contribution in [3.05, 3.63) is 80.8 Å². The fraction of sp³-hybridized carbons (Fsp3) is 0.0952. The lowest BCUT2D eigenvalue weighted by atomic mass is 9.99. The topological polar surface area (TPSA) is 61.5 Å². The zero-order valence-corrected chi connectivity index (χ0v) is 15.3. The highest BCUT2D eigenvalue weighted by Gasteiger charge is 2.13. The van der Waals surface area contributed by atoms with Crippen LogP contribution in [0.15, 0.2) is 59.4 Å². The van der Waals surface area contributed by atoms with Gasteiger partial charge in [0.25, 0.3) is 5.56 Å². The van der Waals surface area contributed by atoms with Crippen molar-refractivity contribution in [2.45, 2.75) is 13.8 Å². The molecule has 0 saturated carbocycles. The van der Waals surface area contributed by atoms with Crippen LogP contribution in [0.25, 0.3) is 33.4 Å². The Balaban J connectivity index is 2.07. The number of H-pyrrole nitrogens is 2. The summed E-state index contributed by atoms with van der Waals surface area (Å²) in [5, 5.41) is 0.512. The molecule has 0 bridgehead atoms. The van der Waals surface area contributed by atoms with Crippen LogP contribution in [-0.2, 0) is 0 Å². The van der Waals surface area contributed by atoms with Gasteiger partial charge in [-0.1, -0.05) is 59.7 Å². The number of rotatable bonds is 2. The Bertz CT molecular complexity index is 1220. The van der Waals surface area contributed by atoms with E-state index in [0.29, 0.717) is 11.0 Å². The highest BCUT2D eigenvalue weighted by molar-refractivity contribution is 7.71. The molecule has 0 aliphatic rings. The molecule has 4 nitrogen and oxygen atoms in total. The van der Waals surface area contributed by atoms with Crippen LogP contribution < -0.4 is 5.56 Å². The number of aromatic amines is 2. The number of pyridine rings is 1. The van der Waals surface area contributed by atoms with E-state index in [-0.39, 0.29) is 10.3 Å². The minimum atomic E-state index is -0.234. The number of benzene rings is 2. The number of fused-ring (bicyclic) bond motifs is 1. The molecular weight excluding hydrogens is 342 g/mol. The first-order valence-electron chi connectivity index (χ1n) is 8.33. The van der Waals surface area contributed by atoms with E-state index in [1.54, 1.807) is 0 Å². The third kappa shape index (κ3) is 2.97. The van der Waals surface area contributed by atoms with Gasteiger partial charge in [0.2, 0.25) is 0 Å². The maximum absolute atomic E-state index is 12.6. The van der Waals surface area contributed by atoms with Crippen molar-refractivity contribution in [3.63, 3.8) is 0 Å². The van der Waals surface area contributed by atoms with Gasteiger partial charge in [-0.25, -0.2) is 4.98 Å². The summed E-state index contributed by atoms with van der Waals surface area (Å²) in [5.41, 5.74) is 6.19. The fourth-order valence-corrected chi connectivity index (χ4v) is 3.19. The van der Waals surface area contributed by atoms with Gasteiger partial charge in [0.1, 0.15) is 5.65 Å².